The Bertz CT molecular complexity index is 591. The van der Waals surface area contributed by atoms with Gasteiger partial charge in [-0.2, -0.15) is 0 Å². The number of aromatic nitrogens is 1. The fourth-order valence-electron chi connectivity index (χ4n) is 2.30. The Balaban J connectivity index is 1.77. The van der Waals surface area contributed by atoms with Crippen LogP contribution >= 0.6 is 0 Å². The number of nitrogens with one attached hydrogen (secondary N) is 1. The lowest BCUT2D eigenvalue weighted by molar-refractivity contribution is 0.0240. The van der Waals surface area contributed by atoms with Crippen LogP contribution < -0.4 is 5.32 Å². The Labute approximate surface area is 111 Å². The van der Waals surface area contributed by atoms with Gasteiger partial charge in [-0.3, -0.25) is 9.78 Å². The topological polar surface area (TPSA) is 51.2 Å². The van der Waals surface area contributed by atoms with Gasteiger partial charge in [-0.05, 0) is 12.1 Å². The highest BCUT2D eigenvalue weighted by molar-refractivity contribution is 5.99. The molecule has 2 aromatic rings. The van der Waals surface area contributed by atoms with Gasteiger partial charge >= 0.3 is 0 Å². The van der Waals surface area contributed by atoms with E-state index in [2.05, 4.69) is 10.3 Å². The lowest BCUT2D eigenvalue weighted by Crippen LogP contribution is -2.39. The summed E-state index contributed by atoms with van der Waals surface area (Å²) in [6.07, 6.45) is 2.04. The maximum atomic E-state index is 12.2. The van der Waals surface area contributed by atoms with E-state index in [-0.39, 0.29) is 11.9 Å². The molecular formula is C15H16N2O2. The van der Waals surface area contributed by atoms with Gasteiger partial charge in [0, 0.05) is 36.7 Å². The van der Waals surface area contributed by atoms with Crippen LogP contribution in [0, 0.1) is 0 Å². The Kier molecular flexibility index (Phi) is 3.53. The molecule has 98 valence electrons. The van der Waals surface area contributed by atoms with E-state index in [1.165, 1.54) is 0 Å². The van der Waals surface area contributed by atoms with Crippen molar-refractivity contribution in [2.45, 2.75) is 12.5 Å². The summed E-state index contributed by atoms with van der Waals surface area (Å²) in [5.74, 6) is 0.0898. The third-order valence-corrected chi connectivity index (χ3v) is 3.33. The molecule has 1 fully saturated rings. The van der Waals surface area contributed by atoms with Crippen LogP contribution in [0.25, 0.3) is 10.9 Å². The third kappa shape index (κ3) is 2.80. The first-order valence-corrected chi connectivity index (χ1v) is 6.53. The lowest BCUT2D eigenvalue weighted by Gasteiger charge is -2.22. The molecule has 1 aliphatic heterocycles. The predicted octanol–water partition coefficient (Wildman–Crippen LogP) is 1.80. The number of pyridine rings is 1. The summed E-state index contributed by atoms with van der Waals surface area (Å²) in [5, 5.41) is 4.22. The third-order valence-electron chi connectivity index (χ3n) is 3.33. The van der Waals surface area contributed by atoms with Crippen LogP contribution in [0.2, 0.25) is 0 Å². The molecule has 0 aliphatic carbocycles. The minimum Gasteiger partial charge on any atom is -0.375 e. The molecule has 1 aromatic heterocycles. The number of hydrogen-bond donors (Lipinski definition) is 1. The zero-order valence-corrected chi connectivity index (χ0v) is 10.6. The van der Waals surface area contributed by atoms with Crippen molar-refractivity contribution in [3.05, 3.63) is 42.1 Å². The van der Waals surface area contributed by atoms with Gasteiger partial charge in [0.15, 0.2) is 5.78 Å². The molecule has 0 spiro atoms. The highest BCUT2D eigenvalue weighted by Crippen LogP contribution is 2.15. The number of carbonyl (C=O) groups excluding carboxylic acids is 1. The normalized spacial score (nSPS) is 19.5. The Morgan fingerprint density at radius 2 is 2.32 bits per heavy atom. The smallest absolute Gasteiger partial charge is 0.167 e. The van der Waals surface area contributed by atoms with E-state index in [0.717, 1.165) is 24.0 Å². The van der Waals surface area contributed by atoms with Gasteiger partial charge in [0.2, 0.25) is 0 Å². The first kappa shape index (κ1) is 12.3. The zero-order chi connectivity index (χ0) is 13.1. The van der Waals surface area contributed by atoms with E-state index < -0.39 is 0 Å². The summed E-state index contributed by atoms with van der Waals surface area (Å²) < 4.78 is 5.55. The molecule has 0 amide bonds. The second kappa shape index (κ2) is 5.47. The van der Waals surface area contributed by atoms with Crippen molar-refractivity contribution in [3.63, 3.8) is 0 Å². The number of hydrogen-bond acceptors (Lipinski definition) is 4. The standard InChI is InChI=1S/C15H16N2O2/c18-15(8-13-10-16-5-6-19-13)12-7-11-3-1-2-4-14(11)17-9-12/h1-4,7,9,13,16H,5-6,8,10H2. The Morgan fingerprint density at radius 1 is 1.42 bits per heavy atom. The van der Waals surface area contributed by atoms with Crippen molar-refractivity contribution >= 4 is 16.7 Å². The van der Waals surface area contributed by atoms with Crippen molar-refractivity contribution in [1.82, 2.24) is 10.3 Å². The molecule has 1 unspecified atom stereocenters. The lowest BCUT2D eigenvalue weighted by atomic mass is 10.0. The van der Waals surface area contributed by atoms with Crippen molar-refractivity contribution in [1.29, 1.82) is 0 Å². The van der Waals surface area contributed by atoms with Gasteiger partial charge in [-0.25, -0.2) is 0 Å². The van der Waals surface area contributed by atoms with E-state index in [4.69, 9.17) is 4.74 Å². The largest absolute Gasteiger partial charge is 0.375 e. The van der Waals surface area contributed by atoms with Crippen LogP contribution in [0.3, 0.4) is 0 Å². The fourth-order valence-corrected chi connectivity index (χ4v) is 2.30. The van der Waals surface area contributed by atoms with Gasteiger partial charge in [-0.15, -0.1) is 0 Å². The zero-order valence-electron chi connectivity index (χ0n) is 10.6. The maximum absolute atomic E-state index is 12.2. The minimum absolute atomic E-state index is 0.0206. The minimum atomic E-state index is -0.0206. The van der Waals surface area contributed by atoms with E-state index in [0.29, 0.717) is 18.6 Å². The van der Waals surface area contributed by atoms with Crippen LogP contribution in [0.15, 0.2) is 36.5 Å². The van der Waals surface area contributed by atoms with Crippen molar-refractivity contribution in [2.24, 2.45) is 0 Å². The molecule has 1 saturated heterocycles. The van der Waals surface area contributed by atoms with Crippen LogP contribution in [0.1, 0.15) is 16.8 Å². The van der Waals surface area contributed by atoms with Crippen molar-refractivity contribution < 1.29 is 9.53 Å². The summed E-state index contributed by atoms with van der Waals surface area (Å²) in [7, 11) is 0. The summed E-state index contributed by atoms with van der Waals surface area (Å²) in [4.78, 5) is 16.5. The molecule has 1 N–H and O–H groups in total. The number of Topliss-reactive ketones (excluding diaryl/α,β-unsaturated/α-hetero) is 1. The van der Waals surface area contributed by atoms with Crippen molar-refractivity contribution in [2.75, 3.05) is 19.7 Å². The van der Waals surface area contributed by atoms with E-state index in [1.807, 2.05) is 30.3 Å². The van der Waals surface area contributed by atoms with E-state index >= 15 is 0 Å². The van der Waals surface area contributed by atoms with Gasteiger partial charge in [-0.1, -0.05) is 18.2 Å². The highest BCUT2D eigenvalue weighted by atomic mass is 16.5. The number of carbonyl (C=O) groups is 1. The van der Waals surface area contributed by atoms with Gasteiger partial charge in [0.05, 0.1) is 18.2 Å². The second-order valence-corrected chi connectivity index (χ2v) is 4.74. The Morgan fingerprint density at radius 3 is 3.16 bits per heavy atom. The molecule has 3 rings (SSSR count). The molecule has 1 aliphatic rings. The molecule has 4 nitrogen and oxygen atoms in total. The van der Waals surface area contributed by atoms with Gasteiger partial charge in [0.1, 0.15) is 0 Å². The predicted molar refractivity (Wildman–Crippen MR) is 73.3 cm³/mol. The summed E-state index contributed by atoms with van der Waals surface area (Å²) in [6.45, 7) is 2.28. The van der Waals surface area contributed by atoms with E-state index in [1.54, 1.807) is 6.20 Å². The molecule has 0 bridgehead atoms. The highest BCUT2D eigenvalue weighted by Gasteiger charge is 2.18. The number of morpholine rings is 1. The number of fused-ring (bicyclic) bond motifs is 1. The summed E-state index contributed by atoms with van der Waals surface area (Å²) in [6, 6.07) is 9.71. The summed E-state index contributed by atoms with van der Waals surface area (Å²) >= 11 is 0. The van der Waals surface area contributed by atoms with Crippen molar-refractivity contribution in [3.8, 4) is 0 Å². The molecule has 19 heavy (non-hydrogen) atoms. The van der Waals surface area contributed by atoms with Crippen LogP contribution in [-0.2, 0) is 4.74 Å². The molecule has 1 aromatic carbocycles. The molecule has 0 saturated carbocycles. The molecule has 1 atom stereocenters. The number of rotatable bonds is 3. The number of ether oxygens (including phenoxy) is 1. The summed E-state index contributed by atoms with van der Waals surface area (Å²) in [5.41, 5.74) is 1.57. The number of nitrogens with zero attached hydrogens (tertiary/aromatic N) is 1. The van der Waals surface area contributed by atoms with Crippen LogP contribution in [0.5, 0.6) is 0 Å². The average Bonchev–Trinajstić information content (AvgIpc) is 2.48. The SMILES string of the molecule is O=C(CC1CNCCO1)c1cnc2ccccc2c1. The monoisotopic (exact) mass is 256 g/mol. The van der Waals surface area contributed by atoms with Crippen LogP contribution in [-0.4, -0.2) is 36.6 Å². The average molecular weight is 256 g/mol. The molecule has 0 radical (unpaired) electrons. The first-order valence-electron chi connectivity index (χ1n) is 6.53. The van der Waals surface area contributed by atoms with E-state index in [9.17, 15) is 4.79 Å². The quantitative estimate of drug-likeness (QED) is 0.851. The van der Waals surface area contributed by atoms with Crippen LogP contribution in [0.4, 0.5) is 0 Å². The number of para-hydroxylation sites is 1. The molecule has 4 heteroatoms. The molecule has 2 heterocycles. The number of ketones is 1. The fraction of sp³-hybridized carbons (Fsp3) is 0.333. The Hall–Kier alpha value is -1.78. The van der Waals surface area contributed by atoms with Gasteiger partial charge < -0.3 is 10.1 Å². The second-order valence-electron chi connectivity index (χ2n) is 4.74. The first-order chi connectivity index (χ1) is 9.33. The molecular weight excluding hydrogens is 240 g/mol. The number of benzene rings is 1. The van der Waals surface area contributed by atoms with Gasteiger partial charge in [0.25, 0.3) is 0 Å². The maximum Gasteiger partial charge on any atom is 0.167 e.